The average Bonchev–Trinajstić information content (AvgIpc) is 3.34. The molecule has 3 aromatic heterocycles. The third kappa shape index (κ3) is 3.21. The molecule has 0 aliphatic carbocycles. The summed E-state index contributed by atoms with van der Waals surface area (Å²) in [6.07, 6.45) is 5.52. The van der Waals surface area contributed by atoms with Crippen molar-refractivity contribution in [3.05, 3.63) is 60.3 Å². The summed E-state index contributed by atoms with van der Waals surface area (Å²) in [5.41, 5.74) is 2.86. The van der Waals surface area contributed by atoms with Crippen LogP contribution in [0.3, 0.4) is 0 Å². The molecule has 0 aliphatic heterocycles. The highest BCUT2D eigenvalue weighted by molar-refractivity contribution is 5.55. The van der Waals surface area contributed by atoms with E-state index in [-0.39, 0.29) is 5.92 Å². The van der Waals surface area contributed by atoms with Crippen molar-refractivity contribution in [1.29, 1.82) is 0 Å². The molecule has 0 aliphatic rings. The van der Waals surface area contributed by atoms with Gasteiger partial charge >= 0.3 is 0 Å². The van der Waals surface area contributed by atoms with Crippen molar-refractivity contribution in [3.63, 3.8) is 0 Å². The normalized spacial score (nSPS) is 11.2. The van der Waals surface area contributed by atoms with Crippen molar-refractivity contribution in [1.82, 2.24) is 40.1 Å². The molecular weight excluding hydrogens is 328 g/mol. The fraction of sp³-hybridized carbons (Fsp3) is 0.222. The number of imidazole rings is 1. The maximum atomic E-state index is 4.65. The van der Waals surface area contributed by atoms with E-state index >= 15 is 0 Å². The number of tetrazole rings is 1. The molecule has 0 saturated carbocycles. The summed E-state index contributed by atoms with van der Waals surface area (Å²) in [7, 11) is 0. The van der Waals surface area contributed by atoms with E-state index in [1.807, 2.05) is 30.5 Å². The van der Waals surface area contributed by atoms with Crippen LogP contribution >= 0.6 is 0 Å². The van der Waals surface area contributed by atoms with Crippen LogP contribution in [-0.4, -0.2) is 40.1 Å². The van der Waals surface area contributed by atoms with E-state index in [4.69, 9.17) is 0 Å². The zero-order valence-electron chi connectivity index (χ0n) is 14.5. The Morgan fingerprint density at radius 3 is 2.85 bits per heavy atom. The van der Waals surface area contributed by atoms with Gasteiger partial charge in [0, 0.05) is 36.6 Å². The molecule has 26 heavy (non-hydrogen) atoms. The van der Waals surface area contributed by atoms with Crippen molar-refractivity contribution in [2.24, 2.45) is 0 Å². The molecule has 1 aromatic carbocycles. The molecule has 0 atom stereocenters. The predicted octanol–water partition coefficient (Wildman–Crippen LogP) is 2.69. The van der Waals surface area contributed by atoms with E-state index in [0.29, 0.717) is 12.4 Å². The Balaban J connectivity index is 1.64. The summed E-state index contributed by atoms with van der Waals surface area (Å²) in [5.74, 6) is 2.48. The predicted molar refractivity (Wildman–Crippen MR) is 96.1 cm³/mol. The highest BCUT2D eigenvalue weighted by Gasteiger charge is 2.11. The Labute approximate surface area is 150 Å². The first-order chi connectivity index (χ1) is 12.7. The number of hydrogen-bond donors (Lipinski definition) is 1. The first-order valence-corrected chi connectivity index (χ1v) is 8.38. The number of rotatable bonds is 5. The summed E-state index contributed by atoms with van der Waals surface area (Å²) < 4.78 is 2.07. The van der Waals surface area contributed by atoms with Gasteiger partial charge in [0.15, 0.2) is 5.82 Å². The molecule has 0 bridgehead atoms. The van der Waals surface area contributed by atoms with Gasteiger partial charge < -0.3 is 4.57 Å². The number of nitrogens with zero attached hydrogens (tertiary/aromatic N) is 7. The van der Waals surface area contributed by atoms with Crippen LogP contribution < -0.4 is 0 Å². The molecule has 3 heterocycles. The van der Waals surface area contributed by atoms with E-state index in [1.165, 1.54) is 0 Å². The summed E-state index contributed by atoms with van der Waals surface area (Å²) in [5, 5.41) is 14.2. The van der Waals surface area contributed by atoms with Gasteiger partial charge in [-0.15, -0.1) is 10.2 Å². The SMILES string of the molecule is CC(C)c1nccc(-c2nccn2Cc2cccc(-c3nn[nH]n3)c2)n1. The quantitative estimate of drug-likeness (QED) is 0.596. The number of hydrogen-bond acceptors (Lipinski definition) is 6. The molecule has 0 radical (unpaired) electrons. The molecule has 8 heteroatoms. The molecule has 4 rings (SSSR count). The van der Waals surface area contributed by atoms with Crippen LogP contribution in [-0.2, 0) is 6.54 Å². The number of aromatic amines is 1. The van der Waals surface area contributed by atoms with E-state index in [9.17, 15) is 0 Å². The van der Waals surface area contributed by atoms with Crippen molar-refractivity contribution < 1.29 is 0 Å². The van der Waals surface area contributed by atoms with Gasteiger partial charge in [-0.3, -0.25) is 0 Å². The topological polar surface area (TPSA) is 98.1 Å². The monoisotopic (exact) mass is 346 g/mol. The zero-order valence-corrected chi connectivity index (χ0v) is 14.5. The van der Waals surface area contributed by atoms with Crippen LogP contribution in [0.15, 0.2) is 48.9 Å². The van der Waals surface area contributed by atoms with Gasteiger partial charge in [0.2, 0.25) is 5.82 Å². The minimum atomic E-state index is 0.269. The smallest absolute Gasteiger partial charge is 0.204 e. The zero-order chi connectivity index (χ0) is 17.9. The highest BCUT2D eigenvalue weighted by atomic mass is 15.5. The lowest BCUT2D eigenvalue weighted by Gasteiger charge is -2.10. The molecule has 0 saturated heterocycles. The lowest BCUT2D eigenvalue weighted by Crippen LogP contribution is -2.04. The van der Waals surface area contributed by atoms with E-state index in [1.54, 1.807) is 12.4 Å². The Morgan fingerprint density at radius 1 is 1.12 bits per heavy atom. The van der Waals surface area contributed by atoms with Gasteiger partial charge in [-0.1, -0.05) is 32.0 Å². The number of benzene rings is 1. The third-order valence-corrected chi connectivity index (χ3v) is 4.02. The van der Waals surface area contributed by atoms with Crippen LogP contribution in [0.1, 0.15) is 31.2 Å². The second-order valence-electron chi connectivity index (χ2n) is 6.27. The molecule has 8 nitrogen and oxygen atoms in total. The highest BCUT2D eigenvalue weighted by Crippen LogP contribution is 2.20. The van der Waals surface area contributed by atoms with Gasteiger partial charge in [0.05, 0.1) is 0 Å². The first kappa shape index (κ1) is 16.1. The lowest BCUT2D eigenvalue weighted by molar-refractivity contribution is 0.765. The van der Waals surface area contributed by atoms with Crippen LogP contribution in [0.2, 0.25) is 0 Å². The van der Waals surface area contributed by atoms with Crippen LogP contribution in [0.5, 0.6) is 0 Å². The van der Waals surface area contributed by atoms with Crippen molar-refractivity contribution in [3.8, 4) is 22.9 Å². The standard InChI is InChI=1S/C18H18N8/c1-12(2)16-19-7-6-15(21-16)18-20-8-9-26(18)11-13-4-3-5-14(10-13)17-22-24-25-23-17/h3-10,12H,11H2,1-2H3,(H,22,23,24,25). The first-order valence-electron chi connectivity index (χ1n) is 8.38. The second kappa shape index (κ2) is 6.83. The van der Waals surface area contributed by atoms with Gasteiger partial charge in [-0.2, -0.15) is 5.21 Å². The summed E-state index contributed by atoms with van der Waals surface area (Å²) in [4.78, 5) is 13.5. The average molecular weight is 346 g/mol. The van der Waals surface area contributed by atoms with Gasteiger partial charge in [-0.25, -0.2) is 15.0 Å². The maximum Gasteiger partial charge on any atom is 0.204 e. The van der Waals surface area contributed by atoms with Crippen molar-refractivity contribution in [2.45, 2.75) is 26.3 Å². The molecule has 4 aromatic rings. The van der Waals surface area contributed by atoms with E-state index in [0.717, 1.165) is 28.5 Å². The largest absolute Gasteiger partial charge is 0.325 e. The Hall–Kier alpha value is -3.42. The minimum Gasteiger partial charge on any atom is -0.325 e. The molecule has 1 N–H and O–H groups in total. The number of aromatic nitrogens is 8. The van der Waals surface area contributed by atoms with Crippen LogP contribution in [0.25, 0.3) is 22.9 Å². The van der Waals surface area contributed by atoms with Crippen LogP contribution in [0.4, 0.5) is 0 Å². The van der Waals surface area contributed by atoms with Crippen LogP contribution in [0, 0.1) is 0 Å². The fourth-order valence-electron chi connectivity index (χ4n) is 2.74. The Kier molecular flexibility index (Phi) is 4.22. The summed E-state index contributed by atoms with van der Waals surface area (Å²) >= 11 is 0. The molecular formula is C18H18N8. The Bertz CT molecular complexity index is 1000. The molecule has 0 fully saturated rings. The lowest BCUT2D eigenvalue weighted by atomic mass is 10.1. The third-order valence-electron chi connectivity index (χ3n) is 4.02. The number of nitrogens with one attached hydrogen (secondary N) is 1. The van der Waals surface area contributed by atoms with E-state index in [2.05, 4.69) is 60.1 Å². The van der Waals surface area contributed by atoms with Gasteiger partial charge in [0.1, 0.15) is 11.5 Å². The van der Waals surface area contributed by atoms with Crippen molar-refractivity contribution >= 4 is 0 Å². The second-order valence-corrected chi connectivity index (χ2v) is 6.27. The fourth-order valence-corrected chi connectivity index (χ4v) is 2.74. The molecule has 0 unspecified atom stereocenters. The number of H-pyrrole nitrogens is 1. The summed E-state index contributed by atoms with van der Waals surface area (Å²) in [6, 6.07) is 9.95. The summed E-state index contributed by atoms with van der Waals surface area (Å²) in [6.45, 7) is 4.83. The van der Waals surface area contributed by atoms with Crippen molar-refractivity contribution in [2.75, 3.05) is 0 Å². The molecule has 130 valence electrons. The molecule has 0 spiro atoms. The van der Waals surface area contributed by atoms with Gasteiger partial charge in [0.25, 0.3) is 0 Å². The minimum absolute atomic E-state index is 0.269. The maximum absolute atomic E-state index is 4.65. The van der Waals surface area contributed by atoms with Gasteiger partial charge in [-0.05, 0) is 22.9 Å². The van der Waals surface area contributed by atoms with E-state index < -0.39 is 0 Å². The Morgan fingerprint density at radius 2 is 2.04 bits per heavy atom. The molecule has 0 amide bonds.